The van der Waals surface area contributed by atoms with Crippen LogP contribution in [0.25, 0.3) is 0 Å². The fraction of sp³-hybridized carbons (Fsp3) is 0.235. The summed E-state index contributed by atoms with van der Waals surface area (Å²) < 4.78 is 5.97. The molecule has 5 heteroatoms. The van der Waals surface area contributed by atoms with Gasteiger partial charge in [0.25, 0.3) is 0 Å². The zero-order valence-electron chi connectivity index (χ0n) is 12.2. The van der Waals surface area contributed by atoms with Crippen LogP contribution in [0.15, 0.2) is 48.5 Å². The number of para-hydroxylation sites is 2. The molecule has 3 rings (SSSR count). The third-order valence-electron chi connectivity index (χ3n) is 3.86. The quantitative estimate of drug-likeness (QED) is 0.846. The lowest BCUT2D eigenvalue weighted by molar-refractivity contribution is 0.1000. The number of hydrogen-bond donors (Lipinski definition) is 2. The highest BCUT2D eigenvalue weighted by molar-refractivity contribution is 5.92. The van der Waals surface area contributed by atoms with Crippen LogP contribution in [-0.2, 0) is 0 Å². The molecule has 1 aliphatic heterocycles. The minimum atomic E-state index is -0.432. The highest BCUT2D eigenvalue weighted by atomic mass is 16.5. The monoisotopic (exact) mass is 297 g/mol. The van der Waals surface area contributed by atoms with Gasteiger partial charge in [0.15, 0.2) is 0 Å². The first-order valence-corrected chi connectivity index (χ1v) is 7.29. The SMILES string of the molecule is NC(=O)c1ccc(O[C@@H]2CCN(c3ccccc3N)C2)cc1. The van der Waals surface area contributed by atoms with Crippen LogP contribution in [0.4, 0.5) is 11.4 Å². The maximum absolute atomic E-state index is 11.1. The fourth-order valence-electron chi connectivity index (χ4n) is 2.71. The van der Waals surface area contributed by atoms with Crippen molar-refractivity contribution in [1.82, 2.24) is 0 Å². The van der Waals surface area contributed by atoms with E-state index in [1.807, 2.05) is 24.3 Å². The number of hydrogen-bond acceptors (Lipinski definition) is 4. The number of benzene rings is 2. The molecule has 0 spiro atoms. The summed E-state index contributed by atoms with van der Waals surface area (Å²) in [6, 6.07) is 14.8. The van der Waals surface area contributed by atoms with Crippen molar-refractivity contribution in [3.63, 3.8) is 0 Å². The Bertz CT molecular complexity index is 670. The molecule has 0 saturated carbocycles. The zero-order valence-corrected chi connectivity index (χ0v) is 12.2. The van der Waals surface area contributed by atoms with Crippen LogP contribution in [0.3, 0.4) is 0 Å². The van der Waals surface area contributed by atoms with E-state index >= 15 is 0 Å². The van der Waals surface area contributed by atoms with Crippen molar-refractivity contribution >= 4 is 17.3 Å². The van der Waals surface area contributed by atoms with Crippen molar-refractivity contribution < 1.29 is 9.53 Å². The predicted octanol–water partition coefficient (Wildman–Crippen LogP) is 2.03. The Morgan fingerprint density at radius 3 is 2.55 bits per heavy atom. The standard InChI is InChI=1S/C17H19N3O2/c18-15-3-1-2-4-16(15)20-10-9-14(11-20)22-13-7-5-12(6-8-13)17(19)21/h1-8,14H,9-11,18H2,(H2,19,21)/t14-/m1/s1. The van der Waals surface area contributed by atoms with Crippen LogP contribution in [0.5, 0.6) is 5.75 Å². The fourth-order valence-corrected chi connectivity index (χ4v) is 2.71. The summed E-state index contributed by atoms with van der Waals surface area (Å²) in [6.07, 6.45) is 1.05. The summed E-state index contributed by atoms with van der Waals surface area (Å²) in [5, 5.41) is 0. The minimum absolute atomic E-state index is 0.110. The van der Waals surface area contributed by atoms with Crippen molar-refractivity contribution in [2.24, 2.45) is 5.73 Å². The molecular formula is C17H19N3O2. The van der Waals surface area contributed by atoms with Gasteiger partial charge in [-0.15, -0.1) is 0 Å². The normalized spacial score (nSPS) is 17.5. The number of anilines is 2. The molecule has 0 bridgehead atoms. The van der Waals surface area contributed by atoms with Crippen LogP contribution < -0.4 is 21.1 Å². The number of carbonyl (C=O) groups excluding carboxylic acids is 1. The number of amides is 1. The van der Waals surface area contributed by atoms with Crippen molar-refractivity contribution in [1.29, 1.82) is 0 Å². The third-order valence-corrected chi connectivity index (χ3v) is 3.86. The summed E-state index contributed by atoms with van der Waals surface area (Å²) in [4.78, 5) is 13.3. The Labute approximate surface area is 129 Å². The molecule has 5 nitrogen and oxygen atoms in total. The average Bonchev–Trinajstić information content (AvgIpc) is 2.96. The van der Waals surface area contributed by atoms with E-state index < -0.39 is 5.91 Å². The second-order valence-electron chi connectivity index (χ2n) is 5.42. The molecule has 1 saturated heterocycles. The van der Waals surface area contributed by atoms with Gasteiger partial charge in [0.1, 0.15) is 11.9 Å². The lowest BCUT2D eigenvalue weighted by atomic mass is 10.2. The second-order valence-corrected chi connectivity index (χ2v) is 5.42. The van der Waals surface area contributed by atoms with E-state index in [-0.39, 0.29) is 6.10 Å². The van der Waals surface area contributed by atoms with E-state index in [9.17, 15) is 4.79 Å². The molecular weight excluding hydrogens is 278 g/mol. The maximum Gasteiger partial charge on any atom is 0.248 e. The van der Waals surface area contributed by atoms with Crippen molar-refractivity contribution in [3.05, 3.63) is 54.1 Å². The van der Waals surface area contributed by atoms with Gasteiger partial charge < -0.3 is 21.1 Å². The molecule has 1 atom stereocenters. The molecule has 1 fully saturated rings. The Morgan fingerprint density at radius 2 is 1.86 bits per heavy atom. The summed E-state index contributed by atoms with van der Waals surface area (Å²) in [6.45, 7) is 1.71. The molecule has 1 amide bonds. The molecule has 0 aromatic heterocycles. The first-order chi connectivity index (χ1) is 10.6. The van der Waals surface area contributed by atoms with E-state index in [1.165, 1.54) is 0 Å². The van der Waals surface area contributed by atoms with Gasteiger partial charge >= 0.3 is 0 Å². The van der Waals surface area contributed by atoms with Gasteiger partial charge in [-0.3, -0.25) is 4.79 Å². The van der Waals surface area contributed by atoms with Gasteiger partial charge in [0.2, 0.25) is 5.91 Å². The van der Waals surface area contributed by atoms with Gasteiger partial charge in [-0.1, -0.05) is 12.1 Å². The minimum Gasteiger partial charge on any atom is -0.489 e. The highest BCUT2D eigenvalue weighted by Crippen LogP contribution is 2.28. The van der Waals surface area contributed by atoms with E-state index in [4.69, 9.17) is 16.2 Å². The highest BCUT2D eigenvalue weighted by Gasteiger charge is 2.25. The van der Waals surface area contributed by atoms with Gasteiger partial charge in [-0.2, -0.15) is 0 Å². The smallest absolute Gasteiger partial charge is 0.248 e. The summed E-state index contributed by atoms with van der Waals surface area (Å²) >= 11 is 0. The van der Waals surface area contributed by atoms with Gasteiger partial charge in [0.05, 0.1) is 17.9 Å². The van der Waals surface area contributed by atoms with Crippen LogP contribution in [0, 0.1) is 0 Å². The van der Waals surface area contributed by atoms with E-state index in [2.05, 4.69) is 4.90 Å². The zero-order chi connectivity index (χ0) is 15.5. The van der Waals surface area contributed by atoms with Crippen molar-refractivity contribution in [2.75, 3.05) is 23.7 Å². The molecule has 1 heterocycles. The number of nitrogen functional groups attached to an aromatic ring is 1. The molecule has 0 unspecified atom stereocenters. The molecule has 1 aliphatic rings. The molecule has 4 N–H and O–H groups in total. The Balaban J connectivity index is 1.63. The van der Waals surface area contributed by atoms with E-state index in [0.717, 1.165) is 36.6 Å². The molecule has 114 valence electrons. The number of ether oxygens (including phenoxy) is 1. The summed E-state index contributed by atoms with van der Waals surface area (Å²) in [5.41, 5.74) is 13.6. The predicted molar refractivity (Wildman–Crippen MR) is 87.1 cm³/mol. The number of nitrogens with two attached hydrogens (primary N) is 2. The molecule has 2 aromatic carbocycles. The Hall–Kier alpha value is -2.69. The van der Waals surface area contributed by atoms with Crippen LogP contribution in [-0.4, -0.2) is 25.1 Å². The summed E-state index contributed by atoms with van der Waals surface area (Å²) in [7, 11) is 0. The second kappa shape index (κ2) is 5.97. The van der Waals surface area contributed by atoms with E-state index in [1.54, 1.807) is 24.3 Å². The van der Waals surface area contributed by atoms with Gasteiger partial charge in [-0.25, -0.2) is 0 Å². The topological polar surface area (TPSA) is 81.6 Å². The van der Waals surface area contributed by atoms with Crippen LogP contribution >= 0.6 is 0 Å². The first kappa shape index (κ1) is 14.3. The molecule has 0 radical (unpaired) electrons. The average molecular weight is 297 g/mol. The summed E-state index contributed by atoms with van der Waals surface area (Å²) in [5.74, 6) is 0.316. The van der Waals surface area contributed by atoms with Crippen molar-refractivity contribution in [3.8, 4) is 5.75 Å². The van der Waals surface area contributed by atoms with Gasteiger partial charge in [-0.05, 0) is 36.4 Å². The molecule has 0 aliphatic carbocycles. The Kier molecular flexibility index (Phi) is 3.87. The van der Waals surface area contributed by atoms with Gasteiger partial charge in [0, 0.05) is 18.5 Å². The van der Waals surface area contributed by atoms with Crippen LogP contribution in [0.1, 0.15) is 16.8 Å². The number of nitrogens with zero attached hydrogens (tertiary/aromatic N) is 1. The lowest BCUT2D eigenvalue weighted by Gasteiger charge is -2.20. The van der Waals surface area contributed by atoms with Crippen LogP contribution in [0.2, 0.25) is 0 Å². The first-order valence-electron chi connectivity index (χ1n) is 7.29. The largest absolute Gasteiger partial charge is 0.489 e. The van der Waals surface area contributed by atoms with E-state index in [0.29, 0.717) is 5.56 Å². The Morgan fingerprint density at radius 1 is 1.14 bits per heavy atom. The van der Waals surface area contributed by atoms with Crippen molar-refractivity contribution in [2.45, 2.75) is 12.5 Å². The third kappa shape index (κ3) is 2.98. The number of primary amides is 1. The lowest BCUT2D eigenvalue weighted by Crippen LogP contribution is -2.25. The number of carbonyl (C=O) groups is 1. The molecule has 2 aromatic rings. The molecule has 22 heavy (non-hydrogen) atoms. The maximum atomic E-state index is 11.1. The number of rotatable bonds is 4.